The van der Waals surface area contributed by atoms with Crippen LogP contribution in [0.5, 0.6) is 0 Å². The van der Waals surface area contributed by atoms with Crippen LogP contribution in [0.25, 0.3) is 11.2 Å². The first-order valence-corrected chi connectivity index (χ1v) is 11.5. The number of hydrogen-bond donors (Lipinski definition) is 0. The van der Waals surface area contributed by atoms with E-state index in [4.69, 9.17) is 9.47 Å². The van der Waals surface area contributed by atoms with Gasteiger partial charge >= 0.3 is 17.6 Å². The fraction of sp³-hybridized carbons (Fsp3) is 0.480. The third kappa shape index (κ3) is 5.56. The summed E-state index contributed by atoms with van der Waals surface area (Å²) in [5, 5.41) is 0. The van der Waals surface area contributed by atoms with Gasteiger partial charge in [-0.15, -0.1) is 0 Å². The van der Waals surface area contributed by atoms with Gasteiger partial charge in [-0.05, 0) is 25.3 Å². The van der Waals surface area contributed by atoms with Crippen molar-refractivity contribution in [1.29, 1.82) is 0 Å². The normalized spacial score (nSPS) is 15.6. The zero-order valence-corrected chi connectivity index (χ0v) is 20.3. The average Bonchev–Trinajstić information content (AvgIpc) is 3.08. The first-order chi connectivity index (χ1) is 15.7. The van der Waals surface area contributed by atoms with Gasteiger partial charge in [0, 0.05) is 20.8 Å². The van der Waals surface area contributed by atoms with Crippen molar-refractivity contribution >= 4 is 23.1 Å². The van der Waals surface area contributed by atoms with E-state index in [1.807, 2.05) is 52.2 Å². The molecule has 0 N–H and O–H groups in total. The second-order valence-corrected chi connectivity index (χ2v) is 8.39. The Morgan fingerprint density at radius 3 is 2.30 bits per heavy atom. The van der Waals surface area contributed by atoms with Gasteiger partial charge in [-0.2, -0.15) is 0 Å². The summed E-state index contributed by atoms with van der Waals surface area (Å²) >= 11 is 0. The van der Waals surface area contributed by atoms with Crippen molar-refractivity contribution in [1.82, 2.24) is 14.5 Å². The van der Waals surface area contributed by atoms with Crippen LogP contribution in [-0.4, -0.2) is 32.3 Å². The van der Waals surface area contributed by atoms with E-state index in [0.29, 0.717) is 31.8 Å². The highest BCUT2D eigenvalue weighted by atomic mass is 16.7. The number of benzene rings is 1. The van der Waals surface area contributed by atoms with Crippen LogP contribution >= 0.6 is 0 Å². The van der Waals surface area contributed by atoms with Gasteiger partial charge in [0.15, 0.2) is 17.8 Å². The van der Waals surface area contributed by atoms with Gasteiger partial charge in [-0.1, -0.05) is 49.2 Å². The highest BCUT2D eigenvalue weighted by Gasteiger charge is 2.42. The van der Waals surface area contributed by atoms with Crippen molar-refractivity contribution < 1.29 is 23.6 Å². The Morgan fingerprint density at radius 1 is 1.03 bits per heavy atom. The summed E-state index contributed by atoms with van der Waals surface area (Å²) in [5.74, 6) is -2.42. The van der Waals surface area contributed by atoms with E-state index >= 15 is 0 Å². The molecule has 0 unspecified atom stereocenters. The first kappa shape index (κ1) is 24.4. The lowest BCUT2D eigenvalue weighted by Crippen LogP contribution is -2.46. The number of carbonyl (C=O) groups is 2. The minimum atomic E-state index is -1.20. The number of esters is 2. The molecule has 1 aliphatic rings. The van der Waals surface area contributed by atoms with Crippen LogP contribution < -0.4 is 4.57 Å². The zero-order valence-electron chi connectivity index (χ0n) is 20.3. The summed E-state index contributed by atoms with van der Waals surface area (Å²) in [6.45, 7) is 12.3. The number of imidazole rings is 1. The van der Waals surface area contributed by atoms with E-state index in [9.17, 15) is 9.59 Å². The van der Waals surface area contributed by atoms with Crippen molar-refractivity contribution in [2.75, 3.05) is 0 Å². The molecule has 4 rings (SSSR count). The molecule has 1 aromatic carbocycles. The highest BCUT2D eigenvalue weighted by Crippen LogP contribution is 2.26. The molecule has 8 heteroatoms. The molecule has 1 fully saturated rings. The number of fused-ring (bicyclic) bond motifs is 1. The number of cyclic esters (lactones) is 2. The van der Waals surface area contributed by atoms with E-state index < -0.39 is 23.6 Å². The molecule has 1 saturated heterocycles. The van der Waals surface area contributed by atoms with Gasteiger partial charge in [0.05, 0.1) is 18.8 Å². The lowest BCUT2D eigenvalue weighted by atomic mass is 10.0. The van der Waals surface area contributed by atoms with Crippen molar-refractivity contribution in [2.45, 2.75) is 73.3 Å². The monoisotopic (exact) mass is 453 g/mol. The summed E-state index contributed by atoms with van der Waals surface area (Å²) in [5.41, 5.74) is 3.92. The van der Waals surface area contributed by atoms with Crippen molar-refractivity contribution in [3.8, 4) is 0 Å². The van der Waals surface area contributed by atoms with Crippen LogP contribution in [0.1, 0.15) is 57.6 Å². The van der Waals surface area contributed by atoms with Crippen molar-refractivity contribution in [3.05, 3.63) is 53.7 Å². The van der Waals surface area contributed by atoms with Crippen LogP contribution in [0.15, 0.2) is 36.7 Å². The molecule has 0 amide bonds. The SMILES string of the molecule is CC.Cc1nc(C)c2c(n1)[n+](CCCC1C(=O)OC(C)(C)OC1=O)cn2Cc1ccccc1. The Bertz CT molecular complexity index is 1120. The van der Waals surface area contributed by atoms with Crippen LogP contribution in [0.3, 0.4) is 0 Å². The third-order valence-corrected chi connectivity index (χ3v) is 5.34. The van der Waals surface area contributed by atoms with E-state index in [2.05, 4.69) is 31.2 Å². The minimum absolute atomic E-state index is 0.356. The van der Waals surface area contributed by atoms with Gasteiger partial charge in [-0.3, -0.25) is 14.2 Å². The molecule has 3 aromatic rings. The number of aryl methyl sites for hydroxylation is 3. The van der Waals surface area contributed by atoms with E-state index in [1.54, 1.807) is 13.8 Å². The molecule has 33 heavy (non-hydrogen) atoms. The Labute approximate surface area is 194 Å². The quantitative estimate of drug-likeness (QED) is 0.322. The number of ether oxygens (including phenoxy) is 2. The summed E-state index contributed by atoms with van der Waals surface area (Å²) in [4.78, 5) is 33.6. The Hall–Kier alpha value is -3.29. The number of hydrogen-bond acceptors (Lipinski definition) is 6. The second-order valence-electron chi connectivity index (χ2n) is 8.39. The molecule has 0 spiro atoms. The predicted molar refractivity (Wildman–Crippen MR) is 123 cm³/mol. The number of nitrogens with zero attached hydrogens (tertiary/aromatic N) is 4. The molecular formula is C25H33N4O4+. The third-order valence-electron chi connectivity index (χ3n) is 5.34. The Balaban J connectivity index is 0.00000149. The Morgan fingerprint density at radius 2 is 1.67 bits per heavy atom. The lowest BCUT2D eigenvalue weighted by molar-refractivity contribution is -0.674. The fourth-order valence-electron chi connectivity index (χ4n) is 4.01. The van der Waals surface area contributed by atoms with Crippen LogP contribution in [0, 0.1) is 19.8 Å². The minimum Gasteiger partial charge on any atom is -0.422 e. The number of rotatable bonds is 6. The molecule has 2 aromatic heterocycles. The summed E-state index contributed by atoms with van der Waals surface area (Å²) < 4.78 is 14.6. The lowest BCUT2D eigenvalue weighted by Gasteiger charge is -2.32. The van der Waals surface area contributed by atoms with Crippen molar-refractivity contribution in [3.63, 3.8) is 0 Å². The van der Waals surface area contributed by atoms with Crippen LogP contribution in [0.4, 0.5) is 0 Å². The van der Waals surface area contributed by atoms with Crippen LogP contribution in [-0.2, 0) is 32.2 Å². The summed E-state index contributed by atoms with van der Waals surface area (Å²) in [6.07, 6.45) is 2.99. The van der Waals surface area contributed by atoms with Crippen LogP contribution in [0.2, 0.25) is 0 Å². The summed E-state index contributed by atoms with van der Waals surface area (Å²) in [7, 11) is 0. The average molecular weight is 454 g/mol. The molecular weight excluding hydrogens is 420 g/mol. The first-order valence-electron chi connectivity index (χ1n) is 11.5. The van der Waals surface area contributed by atoms with Gasteiger partial charge in [-0.25, -0.2) is 9.55 Å². The maximum atomic E-state index is 12.2. The van der Waals surface area contributed by atoms with Gasteiger partial charge < -0.3 is 9.47 Å². The van der Waals surface area contributed by atoms with E-state index in [-0.39, 0.29) is 0 Å². The molecule has 3 heterocycles. The van der Waals surface area contributed by atoms with Crippen molar-refractivity contribution in [2.24, 2.45) is 5.92 Å². The second kappa shape index (κ2) is 10.1. The fourth-order valence-corrected chi connectivity index (χ4v) is 4.01. The number of carbonyl (C=O) groups excluding carboxylic acids is 2. The molecule has 0 radical (unpaired) electrons. The molecule has 0 atom stereocenters. The molecule has 0 aliphatic carbocycles. The molecule has 0 saturated carbocycles. The number of aromatic nitrogens is 4. The molecule has 8 nitrogen and oxygen atoms in total. The maximum absolute atomic E-state index is 12.2. The molecule has 0 bridgehead atoms. The highest BCUT2D eigenvalue weighted by molar-refractivity contribution is 5.96. The molecule has 1 aliphatic heterocycles. The molecule has 176 valence electrons. The largest absolute Gasteiger partial charge is 0.422 e. The Kier molecular flexibility index (Phi) is 7.46. The van der Waals surface area contributed by atoms with Gasteiger partial charge in [0.2, 0.25) is 5.82 Å². The maximum Gasteiger partial charge on any atom is 0.323 e. The smallest absolute Gasteiger partial charge is 0.323 e. The topological polar surface area (TPSA) is 87.2 Å². The van der Waals surface area contributed by atoms with Gasteiger partial charge in [0.1, 0.15) is 0 Å². The zero-order chi connectivity index (χ0) is 24.2. The predicted octanol–water partition coefficient (Wildman–Crippen LogP) is 3.64. The van der Waals surface area contributed by atoms with Gasteiger partial charge in [0.25, 0.3) is 5.79 Å². The standard InChI is InChI=1S/C23H27N4O4.C2H6/c1-15-19-20(25-16(2)24-15)26(14-27(19)13-17-9-6-5-7-10-17)12-8-11-18-21(28)30-23(3,4)31-22(18)29;1-2/h5-7,9-10,14,18H,8,11-13H2,1-4H3;1-2H3/q+1;. The van der Waals surface area contributed by atoms with E-state index in [0.717, 1.165) is 16.9 Å². The summed E-state index contributed by atoms with van der Waals surface area (Å²) in [6, 6.07) is 10.2. The van der Waals surface area contributed by atoms with E-state index in [1.165, 1.54) is 5.56 Å².